The first kappa shape index (κ1) is 18.5. The number of nitrogens with zero attached hydrogens (tertiary/aromatic N) is 1. The number of hydrogen-bond donors (Lipinski definition) is 4. The molecular weight excluding hydrogens is 348 g/mol. The van der Waals surface area contributed by atoms with Crippen LogP contribution in [0.4, 0.5) is 0 Å². The largest absolute Gasteiger partial charge is 0.480 e. The maximum absolute atomic E-state index is 12.1. The number of carboxylic acid groups (broad SMARTS) is 1. The van der Waals surface area contributed by atoms with Gasteiger partial charge in [-0.2, -0.15) is 5.10 Å². The number of hydrogen-bond acceptors (Lipinski definition) is 4. The van der Waals surface area contributed by atoms with Gasteiger partial charge in [0.1, 0.15) is 6.54 Å². The van der Waals surface area contributed by atoms with Gasteiger partial charge in [0.25, 0.3) is 0 Å². The lowest BCUT2D eigenvalue weighted by atomic mass is 10.0. The van der Waals surface area contributed by atoms with Gasteiger partial charge in [0, 0.05) is 21.8 Å². The number of halogens is 1. The molecule has 9 heteroatoms. The minimum absolute atomic E-state index is 0.0342. The van der Waals surface area contributed by atoms with Crippen molar-refractivity contribution in [2.75, 3.05) is 13.1 Å². The van der Waals surface area contributed by atoms with Crippen LogP contribution in [0.3, 0.4) is 0 Å². The third-order valence-electron chi connectivity index (χ3n) is 3.41. The van der Waals surface area contributed by atoms with Crippen molar-refractivity contribution in [3.05, 3.63) is 40.5 Å². The quantitative estimate of drug-likeness (QED) is 0.581. The number of aryl methyl sites for hydroxylation is 1. The molecule has 0 aliphatic carbocycles. The molecule has 132 valence electrons. The number of amides is 2. The van der Waals surface area contributed by atoms with Crippen LogP contribution in [0.15, 0.2) is 24.3 Å². The zero-order chi connectivity index (χ0) is 18.4. The third-order valence-corrected chi connectivity index (χ3v) is 3.66. The summed E-state index contributed by atoms with van der Waals surface area (Å²) in [6, 6.07) is 7.08. The molecule has 2 rings (SSSR count). The standard InChI is InChI=1S/C16H17ClN4O4/c1-9-12(6-13(22)18-7-14(23)19-8-15(24)25)16(21-20-9)10-2-4-11(17)5-3-10/h2-5H,6-8H2,1H3,(H,18,22)(H,19,23)(H,20,21)(H,24,25). The lowest BCUT2D eigenvalue weighted by molar-refractivity contribution is -0.137. The van der Waals surface area contributed by atoms with E-state index in [1.54, 1.807) is 31.2 Å². The smallest absolute Gasteiger partial charge is 0.322 e. The Morgan fingerprint density at radius 1 is 1.12 bits per heavy atom. The molecule has 0 bridgehead atoms. The van der Waals surface area contributed by atoms with E-state index in [0.717, 1.165) is 11.3 Å². The topological polar surface area (TPSA) is 124 Å². The number of carboxylic acids is 1. The lowest BCUT2D eigenvalue weighted by Crippen LogP contribution is -2.39. The van der Waals surface area contributed by atoms with Crippen LogP contribution in [-0.2, 0) is 20.8 Å². The van der Waals surface area contributed by atoms with Gasteiger partial charge in [-0.3, -0.25) is 19.5 Å². The van der Waals surface area contributed by atoms with Crippen LogP contribution < -0.4 is 10.6 Å². The third kappa shape index (κ3) is 5.32. The Morgan fingerprint density at radius 2 is 1.76 bits per heavy atom. The SMILES string of the molecule is Cc1[nH]nc(-c2ccc(Cl)cc2)c1CC(=O)NCC(=O)NCC(=O)O. The van der Waals surface area contributed by atoms with Gasteiger partial charge in [-0.15, -0.1) is 0 Å². The van der Waals surface area contributed by atoms with Gasteiger partial charge in [-0.1, -0.05) is 23.7 Å². The first-order chi connectivity index (χ1) is 11.9. The van der Waals surface area contributed by atoms with Gasteiger partial charge >= 0.3 is 5.97 Å². The molecular formula is C16H17ClN4O4. The molecule has 0 atom stereocenters. The zero-order valence-corrected chi connectivity index (χ0v) is 14.2. The van der Waals surface area contributed by atoms with E-state index in [1.165, 1.54) is 0 Å². The second-order valence-electron chi connectivity index (χ2n) is 5.31. The van der Waals surface area contributed by atoms with Crippen molar-refractivity contribution in [1.82, 2.24) is 20.8 Å². The van der Waals surface area contributed by atoms with Gasteiger partial charge in [-0.25, -0.2) is 0 Å². The van der Waals surface area contributed by atoms with Crippen molar-refractivity contribution in [3.63, 3.8) is 0 Å². The lowest BCUT2D eigenvalue weighted by Gasteiger charge is -2.07. The molecule has 2 amide bonds. The van der Waals surface area contributed by atoms with E-state index in [1.807, 2.05) is 0 Å². The van der Waals surface area contributed by atoms with E-state index >= 15 is 0 Å². The molecule has 2 aromatic rings. The minimum Gasteiger partial charge on any atom is -0.480 e. The Bertz CT molecular complexity index is 786. The molecule has 8 nitrogen and oxygen atoms in total. The summed E-state index contributed by atoms with van der Waals surface area (Å²) >= 11 is 5.88. The molecule has 0 saturated heterocycles. The summed E-state index contributed by atoms with van der Waals surface area (Å²) in [7, 11) is 0. The van der Waals surface area contributed by atoms with Crippen molar-refractivity contribution in [3.8, 4) is 11.3 Å². The Balaban J connectivity index is 1.99. The number of aromatic amines is 1. The number of rotatable bonds is 7. The predicted octanol–water partition coefficient (Wildman–Crippen LogP) is 0.898. The number of nitrogens with one attached hydrogen (secondary N) is 3. The number of carbonyl (C=O) groups excluding carboxylic acids is 2. The highest BCUT2D eigenvalue weighted by Crippen LogP contribution is 2.25. The number of aliphatic carboxylic acids is 1. The summed E-state index contributed by atoms with van der Waals surface area (Å²) in [5, 5.41) is 20.8. The summed E-state index contributed by atoms with van der Waals surface area (Å²) in [4.78, 5) is 33.9. The highest BCUT2D eigenvalue weighted by molar-refractivity contribution is 6.30. The monoisotopic (exact) mass is 364 g/mol. The minimum atomic E-state index is -1.15. The van der Waals surface area contributed by atoms with Crippen molar-refractivity contribution in [2.24, 2.45) is 0 Å². The van der Waals surface area contributed by atoms with Crippen LogP contribution in [0.25, 0.3) is 11.3 Å². The molecule has 4 N–H and O–H groups in total. The molecule has 0 aliphatic heterocycles. The van der Waals surface area contributed by atoms with E-state index in [9.17, 15) is 14.4 Å². The fraction of sp³-hybridized carbons (Fsp3) is 0.250. The van der Waals surface area contributed by atoms with Crippen LogP contribution in [0.1, 0.15) is 11.3 Å². The maximum atomic E-state index is 12.1. The van der Waals surface area contributed by atoms with Gasteiger partial charge in [-0.05, 0) is 19.1 Å². The van der Waals surface area contributed by atoms with E-state index in [0.29, 0.717) is 16.3 Å². The average molecular weight is 365 g/mol. The number of carbonyl (C=O) groups is 3. The van der Waals surface area contributed by atoms with Crippen LogP contribution >= 0.6 is 11.6 Å². The van der Waals surface area contributed by atoms with Gasteiger partial charge in [0.05, 0.1) is 18.7 Å². The van der Waals surface area contributed by atoms with Crippen molar-refractivity contribution >= 4 is 29.4 Å². The molecule has 1 aromatic heterocycles. The molecule has 0 saturated carbocycles. The van der Waals surface area contributed by atoms with E-state index in [4.69, 9.17) is 16.7 Å². The van der Waals surface area contributed by atoms with Crippen molar-refractivity contribution in [2.45, 2.75) is 13.3 Å². The summed E-state index contributed by atoms with van der Waals surface area (Å²) in [5.41, 5.74) is 2.91. The molecule has 0 radical (unpaired) electrons. The molecule has 25 heavy (non-hydrogen) atoms. The number of benzene rings is 1. The Morgan fingerprint density at radius 3 is 2.40 bits per heavy atom. The first-order valence-electron chi connectivity index (χ1n) is 7.41. The van der Waals surface area contributed by atoms with Crippen molar-refractivity contribution < 1.29 is 19.5 Å². The van der Waals surface area contributed by atoms with Gasteiger partial charge in [0.2, 0.25) is 11.8 Å². The molecule has 0 spiro atoms. The van der Waals surface area contributed by atoms with E-state index < -0.39 is 18.4 Å². The fourth-order valence-corrected chi connectivity index (χ4v) is 2.28. The first-order valence-corrected chi connectivity index (χ1v) is 7.79. The highest BCUT2D eigenvalue weighted by atomic mass is 35.5. The summed E-state index contributed by atoms with van der Waals surface area (Å²) in [5.74, 6) is -2.09. The molecule has 0 unspecified atom stereocenters. The second kappa shape index (κ2) is 8.29. The Hall–Kier alpha value is -2.87. The van der Waals surface area contributed by atoms with Crippen LogP contribution in [0.2, 0.25) is 5.02 Å². The second-order valence-corrected chi connectivity index (χ2v) is 5.74. The zero-order valence-electron chi connectivity index (χ0n) is 13.4. The predicted molar refractivity (Wildman–Crippen MR) is 91.1 cm³/mol. The van der Waals surface area contributed by atoms with Crippen LogP contribution in [0.5, 0.6) is 0 Å². The summed E-state index contributed by atoms with van der Waals surface area (Å²) in [6.45, 7) is 1.02. The van der Waals surface area contributed by atoms with Gasteiger partial charge in [0.15, 0.2) is 0 Å². The fourth-order valence-electron chi connectivity index (χ4n) is 2.15. The van der Waals surface area contributed by atoms with Crippen LogP contribution in [0, 0.1) is 6.92 Å². The summed E-state index contributed by atoms with van der Waals surface area (Å²) in [6.07, 6.45) is 0.0342. The van der Waals surface area contributed by atoms with Crippen LogP contribution in [-0.4, -0.2) is 46.2 Å². The van der Waals surface area contributed by atoms with E-state index in [2.05, 4.69) is 20.8 Å². The summed E-state index contributed by atoms with van der Waals surface area (Å²) < 4.78 is 0. The number of H-pyrrole nitrogens is 1. The molecule has 0 fully saturated rings. The van der Waals surface area contributed by atoms with E-state index in [-0.39, 0.29) is 18.9 Å². The Kier molecular flexibility index (Phi) is 6.13. The van der Waals surface area contributed by atoms with Gasteiger partial charge < -0.3 is 15.7 Å². The highest BCUT2D eigenvalue weighted by Gasteiger charge is 2.16. The van der Waals surface area contributed by atoms with Crippen molar-refractivity contribution in [1.29, 1.82) is 0 Å². The maximum Gasteiger partial charge on any atom is 0.322 e. The molecule has 1 aromatic carbocycles. The molecule has 0 aliphatic rings. The molecule has 1 heterocycles. The average Bonchev–Trinajstić information content (AvgIpc) is 2.92. The number of aromatic nitrogens is 2. The Labute approximate surface area is 148 Å². The normalized spacial score (nSPS) is 10.3.